The lowest BCUT2D eigenvalue weighted by atomic mass is 10.2. The number of carbonyl (C=O) groups excluding carboxylic acids is 1. The number of nitrogens with zero attached hydrogens (tertiary/aromatic N) is 1. The Balaban J connectivity index is 1.28. The second-order valence-electron chi connectivity index (χ2n) is 6.83. The highest BCUT2D eigenvalue weighted by Crippen LogP contribution is 2.47. The minimum atomic E-state index is -0.484. The molecule has 1 spiro atoms. The Bertz CT molecular complexity index is 883. The summed E-state index contributed by atoms with van der Waals surface area (Å²) < 4.78 is 12.0. The molecule has 5 nitrogen and oxygen atoms in total. The van der Waals surface area contributed by atoms with E-state index in [4.69, 9.17) is 14.7 Å². The number of amides is 1. The van der Waals surface area contributed by atoms with Gasteiger partial charge in [0.2, 0.25) is 5.91 Å². The van der Waals surface area contributed by atoms with E-state index in [2.05, 4.69) is 11.4 Å². The van der Waals surface area contributed by atoms with Crippen molar-refractivity contribution in [3.05, 3.63) is 53.6 Å². The van der Waals surface area contributed by atoms with Crippen LogP contribution >= 0.6 is 11.8 Å². The molecule has 2 aromatic carbocycles. The van der Waals surface area contributed by atoms with Crippen molar-refractivity contribution in [3.63, 3.8) is 0 Å². The fraction of sp³-hybridized carbons (Fsp3) is 0.333. The van der Waals surface area contributed by atoms with Crippen LogP contribution in [0.15, 0.2) is 42.5 Å². The molecule has 27 heavy (non-hydrogen) atoms. The summed E-state index contributed by atoms with van der Waals surface area (Å²) in [6.07, 6.45) is 4.06. The van der Waals surface area contributed by atoms with E-state index in [9.17, 15) is 4.79 Å². The summed E-state index contributed by atoms with van der Waals surface area (Å²) in [7, 11) is 0. The average Bonchev–Trinajstić information content (AvgIpc) is 3.28. The molecule has 2 aliphatic rings. The van der Waals surface area contributed by atoms with Crippen molar-refractivity contribution in [2.75, 3.05) is 11.1 Å². The van der Waals surface area contributed by atoms with Gasteiger partial charge in [0.05, 0.1) is 17.4 Å². The van der Waals surface area contributed by atoms with E-state index in [0.717, 1.165) is 48.4 Å². The molecular formula is C21H20N2O3S. The minimum absolute atomic E-state index is 0.0527. The predicted octanol–water partition coefficient (Wildman–Crippen LogP) is 4.47. The number of thioether (sulfide) groups is 1. The summed E-state index contributed by atoms with van der Waals surface area (Å²) in [4.78, 5) is 12.2. The number of nitriles is 1. The van der Waals surface area contributed by atoms with Gasteiger partial charge in [-0.05, 0) is 42.7 Å². The Kier molecular flexibility index (Phi) is 4.95. The van der Waals surface area contributed by atoms with Crippen LogP contribution in [0.5, 0.6) is 11.5 Å². The number of hydrogen-bond acceptors (Lipinski definition) is 5. The van der Waals surface area contributed by atoms with Crippen LogP contribution in [0.25, 0.3) is 0 Å². The van der Waals surface area contributed by atoms with Gasteiger partial charge in [0.25, 0.3) is 5.79 Å². The Labute approximate surface area is 162 Å². The number of carbonyl (C=O) groups is 1. The van der Waals surface area contributed by atoms with Crippen LogP contribution in [0, 0.1) is 11.3 Å². The summed E-state index contributed by atoms with van der Waals surface area (Å²) in [5, 5.41) is 11.7. The molecule has 0 unspecified atom stereocenters. The van der Waals surface area contributed by atoms with Crippen molar-refractivity contribution in [1.82, 2.24) is 0 Å². The number of benzene rings is 2. The molecule has 0 saturated heterocycles. The molecule has 1 aliphatic heterocycles. The van der Waals surface area contributed by atoms with Gasteiger partial charge in [0.15, 0.2) is 11.5 Å². The first-order valence-corrected chi connectivity index (χ1v) is 10.2. The molecule has 2 aromatic rings. The van der Waals surface area contributed by atoms with E-state index >= 15 is 0 Å². The van der Waals surface area contributed by atoms with Gasteiger partial charge in [0, 0.05) is 30.3 Å². The van der Waals surface area contributed by atoms with Gasteiger partial charge in [-0.25, -0.2) is 0 Å². The van der Waals surface area contributed by atoms with E-state index in [1.807, 2.05) is 30.3 Å². The van der Waals surface area contributed by atoms with Crippen molar-refractivity contribution >= 4 is 23.4 Å². The monoisotopic (exact) mass is 380 g/mol. The molecule has 1 saturated carbocycles. The molecule has 138 valence electrons. The highest BCUT2D eigenvalue weighted by molar-refractivity contribution is 7.99. The lowest BCUT2D eigenvalue weighted by Gasteiger charge is -2.21. The third-order valence-electron chi connectivity index (χ3n) is 4.77. The highest BCUT2D eigenvalue weighted by atomic mass is 32.2. The summed E-state index contributed by atoms with van der Waals surface area (Å²) in [5.41, 5.74) is 2.46. The Morgan fingerprint density at radius 1 is 1.11 bits per heavy atom. The third kappa shape index (κ3) is 4.04. The van der Waals surface area contributed by atoms with Crippen molar-refractivity contribution < 1.29 is 14.3 Å². The van der Waals surface area contributed by atoms with E-state index in [1.54, 1.807) is 12.1 Å². The first-order valence-electron chi connectivity index (χ1n) is 9.05. The standard InChI is InChI=1S/C21H20N2O3S/c22-12-15-3-5-16(6-4-15)13-27-14-20(24)23-17-7-8-18-19(11-17)26-21(25-18)9-1-2-10-21/h3-8,11H,1-2,9-10,13-14H2,(H,23,24). The molecule has 1 heterocycles. The maximum Gasteiger partial charge on any atom is 0.251 e. The quantitative estimate of drug-likeness (QED) is 0.828. The van der Waals surface area contributed by atoms with Crippen molar-refractivity contribution in [2.45, 2.75) is 37.2 Å². The van der Waals surface area contributed by atoms with Crippen molar-refractivity contribution in [1.29, 1.82) is 5.26 Å². The molecule has 1 aliphatic carbocycles. The Hall–Kier alpha value is -2.65. The number of hydrogen-bond donors (Lipinski definition) is 1. The molecule has 0 bridgehead atoms. The smallest absolute Gasteiger partial charge is 0.251 e. The number of nitrogens with one attached hydrogen (secondary N) is 1. The van der Waals surface area contributed by atoms with Crippen LogP contribution in [0.3, 0.4) is 0 Å². The Morgan fingerprint density at radius 2 is 1.85 bits per heavy atom. The van der Waals surface area contributed by atoms with Crippen LogP contribution in [0.4, 0.5) is 5.69 Å². The van der Waals surface area contributed by atoms with Gasteiger partial charge in [-0.1, -0.05) is 12.1 Å². The zero-order valence-electron chi connectivity index (χ0n) is 14.9. The topological polar surface area (TPSA) is 71.4 Å². The Morgan fingerprint density at radius 3 is 2.59 bits per heavy atom. The van der Waals surface area contributed by atoms with Crippen LogP contribution < -0.4 is 14.8 Å². The predicted molar refractivity (Wildman–Crippen MR) is 105 cm³/mol. The van der Waals surface area contributed by atoms with E-state index in [-0.39, 0.29) is 5.91 Å². The highest BCUT2D eigenvalue weighted by Gasteiger charge is 2.44. The van der Waals surface area contributed by atoms with Crippen molar-refractivity contribution in [3.8, 4) is 17.6 Å². The second kappa shape index (κ2) is 7.53. The normalized spacial score (nSPS) is 16.3. The molecule has 1 N–H and O–H groups in total. The molecule has 6 heteroatoms. The van der Waals surface area contributed by atoms with Gasteiger partial charge in [0.1, 0.15) is 0 Å². The first kappa shape index (κ1) is 17.7. The maximum atomic E-state index is 12.2. The molecule has 4 rings (SSSR count). The molecule has 1 fully saturated rings. The third-order valence-corrected chi connectivity index (χ3v) is 5.77. The van der Waals surface area contributed by atoms with Gasteiger partial charge >= 0.3 is 0 Å². The molecular weight excluding hydrogens is 360 g/mol. The fourth-order valence-electron chi connectivity index (χ4n) is 3.42. The maximum absolute atomic E-state index is 12.2. The summed E-state index contributed by atoms with van der Waals surface area (Å²) in [5.74, 6) is 2.01. The van der Waals surface area contributed by atoms with Crippen LogP contribution in [0.2, 0.25) is 0 Å². The van der Waals surface area contributed by atoms with Gasteiger partial charge in [-0.15, -0.1) is 11.8 Å². The molecule has 0 atom stereocenters. The second-order valence-corrected chi connectivity index (χ2v) is 7.82. The minimum Gasteiger partial charge on any atom is -0.448 e. The van der Waals surface area contributed by atoms with E-state index in [0.29, 0.717) is 17.1 Å². The fourth-order valence-corrected chi connectivity index (χ4v) is 4.21. The molecule has 1 amide bonds. The van der Waals surface area contributed by atoms with Gasteiger partial charge < -0.3 is 14.8 Å². The lowest BCUT2D eigenvalue weighted by Crippen LogP contribution is -2.34. The largest absolute Gasteiger partial charge is 0.448 e. The van der Waals surface area contributed by atoms with Crippen LogP contribution in [0.1, 0.15) is 36.8 Å². The van der Waals surface area contributed by atoms with E-state index < -0.39 is 5.79 Å². The summed E-state index contributed by atoms with van der Waals surface area (Å²) in [6, 6.07) is 15.1. The van der Waals surface area contributed by atoms with E-state index in [1.165, 1.54) is 11.8 Å². The number of ether oxygens (including phenoxy) is 2. The van der Waals surface area contributed by atoms with Crippen LogP contribution in [-0.2, 0) is 10.5 Å². The number of anilines is 1. The first-order chi connectivity index (χ1) is 13.2. The molecule has 0 aromatic heterocycles. The summed E-state index contributed by atoms with van der Waals surface area (Å²) in [6.45, 7) is 0. The van der Waals surface area contributed by atoms with Gasteiger partial charge in [-0.3, -0.25) is 4.79 Å². The average molecular weight is 380 g/mol. The lowest BCUT2D eigenvalue weighted by molar-refractivity contribution is -0.113. The number of fused-ring (bicyclic) bond motifs is 1. The molecule has 0 radical (unpaired) electrons. The van der Waals surface area contributed by atoms with Crippen LogP contribution in [-0.4, -0.2) is 17.4 Å². The van der Waals surface area contributed by atoms with Gasteiger partial charge in [-0.2, -0.15) is 5.26 Å². The number of rotatable bonds is 5. The zero-order chi connectivity index (χ0) is 18.7. The SMILES string of the molecule is N#Cc1ccc(CSCC(=O)Nc2ccc3c(c2)OC2(CCCC2)O3)cc1. The zero-order valence-corrected chi connectivity index (χ0v) is 15.7. The van der Waals surface area contributed by atoms with Crippen molar-refractivity contribution in [2.24, 2.45) is 0 Å². The summed E-state index contributed by atoms with van der Waals surface area (Å²) >= 11 is 1.54.